The zero-order valence-electron chi connectivity index (χ0n) is 26.7. The van der Waals surface area contributed by atoms with E-state index in [1.165, 1.54) is 38.0 Å². The van der Waals surface area contributed by atoms with Crippen LogP contribution >= 0.6 is 0 Å². The minimum Gasteiger partial charge on any atom is -0.456 e. The Morgan fingerprint density at radius 1 is 0.400 bits per heavy atom. The van der Waals surface area contributed by atoms with Gasteiger partial charge in [0.1, 0.15) is 22.5 Å². The van der Waals surface area contributed by atoms with Gasteiger partial charge in [-0.3, -0.25) is 8.97 Å². The Balaban J connectivity index is 1.21. The second-order valence-corrected chi connectivity index (χ2v) is 13.2. The third-order valence-corrected chi connectivity index (χ3v) is 10.6. The highest BCUT2D eigenvalue weighted by Gasteiger charge is 2.22. The molecule has 0 saturated heterocycles. The fourth-order valence-corrected chi connectivity index (χ4v) is 8.51. The van der Waals surface area contributed by atoms with Gasteiger partial charge in [0.15, 0.2) is 0 Å². The molecule has 0 amide bonds. The van der Waals surface area contributed by atoms with Gasteiger partial charge in [0.2, 0.25) is 0 Å². The average molecular weight is 639 g/mol. The lowest BCUT2D eigenvalue weighted by Gasteiger charge is -2.12. The van der Waals surface area contributed by atoms with Crippen LogP contribution in [-0.4, -0.2) is 18.5 Å². The smallest absolute Gasteiger partial charge is 0.147 e. The van der Waals surface area contributed by atoms with Gasteiger partial charge in [0.05, 0.1) is 27.6 Å². The van der Waals surface area contributed by atoms with Crippen LogP contribution in [0.4, 0.5) is 0 Å². The van der Waals surface area contributed by atoms with Crippen LogP contribution in [0.25, 0.3) is 105 Å². The molecular weight excluding hydrogens is 613 g/mol. The van der Waals surface area contributed by atoms with Crippen molar-refractivity contribution in [3.63, 3.8) is 0 Å². The molecule has 0 aliphatic heterocycles. The van der Waals surface area contributed by atoms with Crippen LogP contribution in [0.3, 0.4) is 0 Å². The predicted molar refractivity (Wildman–Crippen MR) is 206 cm³/mol. The summed E-state index contributed by atoms with van der Waals surface area (Å²) in [5.41, 5.74) is 11.7. The van der Waals surface area contributed by atoms with E-state index >= 15 is 0 Å². The minimum atomic E-state index is 0.898. The zero-order chi connectivity index (χ0) is 32.5. The Hall–Kier alpha value is -6.85. The van der Waals surface area contributed by atoms with Gasteiger partial charge in [-0.25, -0.2) is 4.98 Å². The summed E-state index contributed by atoms with van der Waals surface area (Å²) >= 11 is 0. The molecule has 0 unspecified atom stereocenters. The van der Waals surface area contributed by atoms with Gasteiger partial charge in [-0.05, 0) is 72.1 Å². The van der Waals surface area contributed by atoms with E-state index in [-0.39, 0.29) is 0 Å². The Bertz CT molecular complexity index is 3390. The third-order valence-electron chi connectivity index (χ3n) is 10.6. The highest BCUT2D eigenvalue weighted by Crippen LogP contribution is 2.42. The van der Waals surface area contributed by atoms with E-state index in [1.54, 1.807) is 0 Å². The molecular formula is C45H26N4O. The van der Waals surface area contributed by atoms with E-state index < -0.39 is 0 Å². The van der Waals surface area contributed by atoms with Crippen molar-refractivity contribution in [2.45, 2.75) is 0 Å². The number of fused-ring (bicyclic) bond motifs is 16. The Morgan fingerprint density at radius 3 is 1.84 bits per heavy atom. The highest BCUT2D eigenvalue weighted by atomic mass is 16.3. The summed E-state index contributed by atoms with van der Waals surface area (Å²) in [4.78, 5) is 5.20. The van der Waals surface area contributed by atoms with Crippen LogP contribution in [0.5, 0.6) is 0 Å². The van der Waals surface area contributed by atoms with Crippen molar-refractivity contribution in [1.82, 2.24) is 18.5 Å². The SMILES string of the molecule is c1ccc2c(c1)nc1c3ccccc3c3c4ccccc4n(-c4ccc5c(c4)c4ccccc4n5-c4ccc5oc6ccccc6c5c4)c3n21. The van der Waals surface area contributed by atoms with Gasteiger partial charge in [0.25, 0.3) is 0 Å². The van der Waals surface area contributed by atoms with Gasteiger partial charge in [-0.1, -0.05) is 91.0 Å². The molecule has 50 heavy (non-hydrogen) atoms. The van der Waals surface area contributed by atoms with Crippen molar-refractivity contribution in [2.24, 2.45) is 0 Å². The molecule has 5 heterocycles. The molecule has 0 fully saturated rings. The quantitative estimate of drug-likeness (QED) is 0.189. The summed E-state index contributed by atoms with van der Waals surface area (Å²) in [7, 11) is 0. The molecule has 12 aromatic rings. The van der Waals surface area contributed by atoms with Gasteiger partial charge < -0.3 is 8.98 Å². The molecule has 232 valence electrons. The van der Waals surface area contributed by atoms with E-state index in [0.29, 0.717) is 0 Å². The summed E-state index contributed by atoms with van der Waals surface area (Å²) in [6, 6.07) is 56.4. The first-order valence-corrected chi connectivity index (χ1v) is 17.0. The lowest BCUT2D eigenvalue weighted by molar-refractivity contribution is 0.669. The second kappa shape index (κ2) is 9.40. The summed E-state index contributed by atoms with van der Waals surface area (Å²) in [6.45, 7) is 0. The first kappa shape index (κ1) is 26.1. The number of rotatable bonds is 2. The average Bonchev–Trinajstić information content (AvgIpc) is 3.92. The molecule has 7 aromatic carbocycles. The largest absolute Gasteiger partial charge is 0.456 e. The van der Waals surface area contributed by atoms with Crippen molar-refractivity contribution >= 4 is 93.1 Å². The Labute approximate surface area is 284 Å². The minimum absolute atomic E-state index is 0.898. The fourth-order valence-electron chi connectivity index (χ4n) is 8.51. The van der Waals surface area contributed by atoms with Crippen molar-refractivity contribution in [3.8, 4) is 11.4 Å². The van der Waals surface area contributed by atoms with Crippen LogP contribution in [0.15, 0.2) is 162 Å². The van der Waals surface area contributed by atoms with Crippen LogP contribution < -0.4 is 0 Å². The molecule has 0 spiro atoms. The molecule has 0 radical (unpaired) electrons. The molecule has 0 atom stereocenters. The number of furan rings is 1. The standard InChI is InChI=1S/C45H26N4O/c1-2-14-32-31(13-1)43-33-15-4-8-18-38(33)48(45(43)49-40-19-9-6-16-36(40)46-44(32)49)28-21-23-39-34(25-28)29-11-3-7-17-37(29)47(39)27-22-24-42-35(26-27)30-12-5-10-20-41(30)50-42/h1-26H. The van der Waals surface area contributed by atoms with Crippen molar-refractivity contribution in [2.75, 3.05) is 0 Å². The zero-order valence-corrected chi connectivity index (χ0v) is 26.7. The van der Waals surface area contributed by atoms with E-state index in [9.17, 15) is 0 Å². The first-order chi connectivity index (χ1) is 24.8. The third kappa shape index (κ3) is 3.28. The molecule has 0 N–H and O–H groups in total. The second-order valence-electron chi connectivity index (χ2n) is 13.2. The lowest BCUT2D eigenvalue weighted by atomic mass is 10.1. The molecule has 0 aliphatic carbocycles. The van der Waals surface area contributed by atoms with Crippen LogP contribution in [0.1, 0.15) is 0 Å². The van der Waals surface area contributed by atoms with Crippen molar-refractivity contribution in [1.29, 1.82) is 0 Å². The maximum atomic E-state index is 6.19. The van der Waals surface area contributed by atoms with E-state index in [4.69, 9.17) is 9.40 Å². The van der Waals surface area contributed by atoms with Crippen LogP contribution in [0, 0.1) is 0 Å². The first-order valence-electron chi connectivity index (χ1n) is 17.0. The fraction of sp³-hybridized carbons (Fsp3) is 0. The molecule has 5 aromatic heterocycles. The lowest BCUT2D eigenvalue weighted by Crippen LogP contribution is -2.00. The van der Waals surface area contributed by atoms with E-state index in [2.05, 4.69) is 159 Å². The van der Waals surface area contributed by atoms with Crippen LogP contribution in [-0.2, 0) is 0 Å². The molecule has 0 saturated carbocycles. The molecule has 5 heteroatoms. The normalized spacial score (nSPS) is 12.4. The van der Waals surface area contributed by atoms with Gasteiger partial charge in [-0.15, -0.1) is 0 Å². The number of pyridine rings is 1. The number of hydrogen-bond donors (Lipinski definition) is 0. The highest BCUT2D eigenvalue weighted by molar-refractivity contribution is 6.24. The topological polar surface area (TPSA) is 40.3 Å². The van der Waals surface area contributed by atoms with Gasteiger partial charge >= 0.3 is 0 Å². The summed E-state index contributed by atoms with van der Waals surface area (Å²) in [6.07, 6.45) is 0. The van der Waals surface area contributed by atoms with E-state index in [0.717, 1.165) is 66.5 Å². The molecule has 0 aliphatic rings. The monoisotopic (exact) mass is 638 g/mol. The number of para-hydroxylation sites is 5. The van der Waals surface area contributed by atoms with Gasteiger partial charge in [0, 0.05) is 49.1 Å². The maximum absolute atomic E-state index is 6.19. The molecule has 5 nitrogen and oxygen atoms in total. The molecule has 12 rings (SSSR count). The van der Waals surface area contributed by atoms with Crippen molar-refractivity contribution in [3.05, 3.63) is 158 Å². The Kier molecular flexibility index (Phi) is 4.91. The maximum Gasteiger partial charge on any atom is 0.147 e. The summed E-state index contributed by atoms with van der Waals surface area (Å²) < 4.78 is 13.4. The number of benzene rings is 7. The number of nitrogens with zero attached hydrogens (tertiary/aromatic N) is 4. The molecule has 0 bridgehead atoms. The van der Waals surface area contributed by atoms with E-state index in [1.807, 2.05) is 12.1 Å². The number of aromatic nitrogens is 4. The number of hydrogen-bond acceptors (Lipinski definition) is 2. The van der Waals surface area contributed by atoms with Crippen LogP contribution in [0.2, 0.25) is 0 Å². The van der Waals surface area contributed by atoms with Crippen molar-refractivity contribution < 1.29 is 4.42 Å². The predicted octanol–water partition coefficient (Wildman–Crippen LogP) is 11.7. The summed E-state index contributed by atoms with van der Waals surface area (Å²) in [5, 5.41) is 9.48. The van der Waals surface area contributed by atoms with Gasteiger partial charge in [-0.2, -0.15) is 0 Å². The Morgan fingerprint density at radius 2 is 0.980 bits per heavy atom. The number of imidazole rings is 1. The summed E-state index contributed by atoms with van der Waals surface area (Å²) in [5.74, 6) is 0.